The third kappa shape index (κ3) is 3.57. The van der Waals surface area contributed by atoms with Gasteiger partial charge in [0.15, 0.2) is 5.82 Å². The summed E-state index contributed by atoms with van der Waals surface area (Å²) in [7, 11) is 0. The molecule has 3 aromatic carbocycles. The molecule has 0 aliphatic rings. The molecule has 136 valence electrons. The maximum Gasteiger partial charge on any atom is 0.278 e. The van der Waals surface area contributed by atoms with Crippen LogP contribution in [0.15, 0.2) is 96.0 Å². The lowest BCUT2D eigenvalue weighted by Crippen LogP contribution is -1.97. The Labute approximate surface area is 161 Å². The van der Waals surface area contributed by atoms with E-state index >= 15 is 0 Å². The minimum Gasteiger partial charge on any atom is -0.258 e. The monoisotopic (exact) mass is 368 g/mol. The van der Waals surface area contributed by atoms with Crippen LogP contribution < -0.4 is 0 Å². The summed E-state index contributed by atoms with van der Waals surface area (Å²) in [5.74, 6) is 0.586. The summed E-state index contributed by atoms with van der Waals surface area (Å²) >= 11 is 0. The lowest BCUT2D eigenvalue weighted by molar-refractivity contribution is -0.385. The first-order valence-corrected chi connectivity index (χ1v) is 8.71. The number of benzene rings is 3. The lowest BCUT2D eigenvalue weighted by atomic mass is 10.1. The number of nitro benzene ring substituents is 1. The van der Waals surface area contributed by atoms with Crippen LogP contribution >= 0.6 is 0 Å². The van der Waals surface area contributed by atoms with Crippen LogP contribution in [0.5, 0.6) is 0 Å². The topological polar surface area (TPSA) is 73.3 Å². The quantitative estimate of drug-likeness (QED) is 0.276. The molecule has 0 N–H and O–H groups in total. The first kappa shape index (κ1) is 17.4. The van der Waals surface area contributed by atoms with E-state index in [-0.39, 0.29) is 5.69 Å². The summed E-state index contributed by atoms with van der Waals surface area (Å²) in [5.41, 5.74) is 3.06. The van der Waals surface area contributed by atoms with Gasteiger partial charge in [-0.2, -0.15) is 5.10 Å². The lowest BCUT2D eigenvalue weighted by Gasteiger charge is -2.03. The van der Waals surface area contributed by atoms with Crippen molar-refractivity contribution in [2.45, 2.75) is 0 Å². The summed E-state index contributed by atoms with van der Waals surface area (Å²) < 4.78 is 1.73. The van der Waals surface area contributed by atoms with Crippen molar-refractivity contribution in [2.75, 3.05) is 0 Å². The minimum atomic E-state index is -0.411. The molecule has 28 heavy (non-hydrogen) atoms. The van der Waals surface area contributed by atoms with Gasteiger partial charge < -0.3 is 0 Å². The van der Waals surface area contributed by atoms with Crippen molar-refractivity contribution in [3.8, 4) is 16.9 Å². The number of hydrogen-bond acceptors (Lipinski definition) is 4. The second kappa shape index (κ2) is 7.67. The van der Waals surface area contributed by atoms with Crippen LogP contribution in [0.1, 0.15) is 5.56 Å². The Balaban J connectivity index is 1.80. The second-order valence-corrected chi connectivity index (χ2v) is 6.08. The molecule has 0 atom stereocenters. The van der Waals surface area contributed by atoms with Crippen LogP contribution in [0.3, 0.4) is 0 Å². The van der Waals surface area contributed by atoms with E-state index in [1.807, 2.05) is 66.7 Å². The Morgan fingerprint density at radius 1 is 0.893 bits per heavy atom. The van der Waals surface area contributed by atoms with Crippen LogP contribution in [0.2, 0.25) is 0 Å². The third-order valence-corrected chi connectivity index (χ3v) is 4.23. The maximum atomic E-state index is 11.2. The van der Waals surface area contributed by atoms with E-state index in [4.69, 9.17) is 0 Å². The molecule has 0 fully saturated rings. The highest BCUT2D eigenvalue weighted by molar-refractivity contribution is 5.87. The predicted octanol–water partition coefficient (Wildman–Crippen LogP) is 5.20. The van der Waals surface area contributed by atoms with Gasteiger partial charge in [0.1, 0.15) is 0 Å². The van der Waals surface area contributed by atoms with Gasteiger partial charge in [-0.1, -0.05) is 60.7 Å². The zero-order valence-corrected chi connectivity index (χ0v) is 14.8. The largest absolute Gasteiger partial charge is 0.278 e. The van der Waals surface area contributed by atoms with Gasteiger partial charge in [-0.25, -0.2) is 9.67 Å². The molecular formula is C22H16N4O2. The summed E-state index contributed by atoms with van der Waals surface area (Å²) in [6, 6.07) is 27.9. The van der Waals surface area contributed by atoms with Crippen molar-refractivity contribution in [3.05, 3.63) is 107 Å². The molecule has 0 spiro atoms. The van der Waals surface area contributed by atoms with Crippen LogP contribution in [-0.2, 0) is 0 Å². The Morgan fingerprint density at radius 2 is 1.54 bits per heavy atom. The van der Waals surface area contributed by atoms with Crippen LogP contribution in [0, 0.1) is 10.1 Å². The van der Waals surface area contributed by atoms with Crippen molar-refractivity contribution in [2.24, 2.45) is 4.99 Å². The molecule has 6 heteroatoms. The van der Waals surface area contributed by atoms with E-state index in [0.29, 0.717) is 11.4 Å². The summed E-state index contributed by atoms with van der Waals surface area (Å²) in [5, 5.41) is 15.9. The van der Waals surface area contributed by atoms with Crippen molar-refractivity contribution in [1.82, 2.24) is 9.78 Å². The smallest absolute Gasteiger partial charge is 0.258 e. The highest BCUT2D eigenvalue weighted by Gasteiger charge is 2.13. The van der Waals surface area contributed by atoms with E-state index in [1.54, 1.807) is 22.9 Å². The Bertz CT molecular complexity index is 1140. The zero-order chi connectivity index (χ0) is 19.3. The van der Waals surface area contributed by atoms with Gasteiger partial charge in [-0.15, -0.1) is 0 Å². The Morgan fingerprint density at radius 3 is 2.25 bits per heavy atom. The Kier molecular flexibility index (Phi) is 4.76. The second-order valence-electron chi connectivity index (χ2n) is 6.08. The van der Waals surface area contributed by atoms with Gasteiger partial charge in [-0.3, -0.25) is 10.1 Å². The zero-order valence-electron chi connectivity index (χ0n) is 14.8. The van der Waals surface area contributed by atoms with E-state index < -0.39 is 4.92 Å². The molecule has 4 aromatic rings. The van der Waals surface area contributed by atoms with Crippen LogP contribution in [0.25, 0.3) is 16.9 Å². The van der Waals surface area contributed by atoms with E-state index in [2.05, 4.69) is 10.1 Å². The van der Waals surface area contributed by atoms with Crippen molar-refractivity contribution in [1.29, 1.82) is 0 Å². The number of hydrogen-bond donors (Lipinski definition) is 0. The highest BCUT2D eigenvalue weighted by Crippen LogP contribution is 2.27. The van der Waals surface area contributed by atoms with Gasteiger partial charge >= 0.3 is 0 Å². The van der Waals surface area contributed by atoms with Gasteiger partial charge in [0.2, 0.25) is 0 Å². The molecular weight excluding hydrogens is 352 g/mol. The van der Waals surface area contributed by atoms with Crippen molar-refractivity contribution in [3.63, 3.8) is 0 Å². The number of para-hydroxylation sites is 2. The molecule has 6 nitrogen and oxygen atoms in total. The van der Waals surface area contributed by atoms with Gasteiger partial charge in [0, 0.05) is 23.9 Å². The average Bonchev–Trinajstić information content (AvgIpc) is 3.18. The molecule has 0 saturated carbocycles. The summed E-state index contributed by atoms with van der Waals surface area (Å²) in [6.07, 6.45) is 1.50. The standard InChI is InChI=1S/C22H16N4O2/c27-26(28)21-14-8-7-11-18(21)16-23-22-15-20(17-9-3-1-4-10-17)24-25(22)19-12-5-2-6-13-19/h1-16H/b23-16+. The number of nitro groups is 1. The molecule has 0 aliphatic heterocycles. The van der Waals surface area contributed by atoms with Crippen LogP contribution in [0.4, 0.5) is 11.5 Å². The predicted molar refractivity (Wildman–Crippen MR) is 109 cm³/mol. The SMILES string of the molecule is O=[N+]([O-])c1ccccc1/C=N/c1cc(-c2ccccc2)nn1-c1ccccc1. The van der Waals surface area contributed by atoms with E-state index in [1.165, 1.54) is 12.3 Å². The molecule has 0 saturated heterocycles. The first-order chi connectivity index (χ1) is 13.7. The third-order valence-electron chi connectivity index (χ3n) is 4.23. The molecule has 0 bridgehead atoms. The number of aromatic nitrogens is 2. The molecule has 0 radical (unpaired) electrons. The average molecular weight is 368 g/mol. The summed E-state index contributed by atoms with van der Waals surface area (Å²) in [4.78, 5) is 15.3. The molecule has 0 amide bonds. The normalized spacial score (nSPS) is 11.0. The maximum absolute atomic E-state index is 11.2. The number of nitrogens with zero attached hydrogens (tertiary/aromatic N) is 4. The van der Waals surface area contributed by atoms with Gasteiger partial charge in [-0.05, 0) is 18.2 Å². The van der Waals surface area contributed by atoms with Crippen LogP contribution in [-0.4, -0.2) is 20.9 Å². The van der Waals surface area contributed by atoms with E-state index in [9.17, 15) is 10.1 Å². The number of rotatable bonds is 5. The number of aliphatic imine (C=N–C) groups is 1. The van der Waals surface area contributed by atoms with Crippen molar-refractivity contribution >= 4 is 17.7 Å². The fourth-order valence-corrected chi connectivity index (χ4v) is 2.87. The molecule has 0 aliphatic carbocycles. The van der Waals surface area contributed by atoms with Gasteiger partial charge in [0.05, 0.1) is 21.9 Å². The first-order valence-electron chi connectivity index (χ1n) is 8.71. The fraction of sp³-hybridized carbons (Fsp3) is 0. The molecule has 4 rings (SSSR count). The molecule has 0 unspecified atom stereocenters. The highest BCUT2D eigenvalue weighted by atomic mass is 16.6. The minimum absolute atomic E-state index is 0.0142. The fourth-order valence-electron chi connectivity index (χ4n) is 2.87. The van der Waals surface area contributed by atoms with Gasteiger partial charge in [0.25, 0.3) is 5.69 Å². The molecule has 1 heterocycles. The van der Waals surface area contributed by atoms with E-state index in [0.717, 1.165) is 16.9 Å². The molecule has 1 aromatic heterocycles. The Hall–Kier alpha value is -4.06. The summed E-state index contributed by atoms with van der Waals surface area (Å²) in [6.45, 7) is 0. The van der Waals surface area contributed by atoms with Crippen molar-refractivity contribution < 1.29 is 4.92 Å².